The van der Waals surface area contributed by atoms with Crippen LogP contribution >= 0.6 is 11.6 Å². The van der Waals surface area contributed by atoms with Crippen LogP contribution in [0.4, 0.5) is 0 Å². The number of rotatable bonds is 4. The second kappa shape index (κ2) is 5.12. The predicted octanol–water partition coefficient (Wildman–Crippen LogP) is 3.09. The third-order valence-corrected chi connectivity index (χ3v) is 2.55. The maximum atomic E-state index is 5.83. The molecule has 0 aromatic carbocycles. The molecule has 0 fully saturated rings. The first-order chi connectivity index (χ1) is 7.02. The summed E-state index contributed by atoms with van der Waals surface area (Å²) in [5, 5.41) is 8.14. The molecule has 0 atom stereocenters. The molecule has 3 nitrogen and oxygen atoms in total. The van der Waals surface area contributed by atoms with Gasteiger partial charge < -0.3 is 4.74 Å². The van der Waals surface area contributed by atoms with E-state index >= 15 is 0 Å². The van der Waals surface area contributed by atoms with Gasteiger partial charge in [0.2, 0.25) is 5.88 Å². The van der Waals surface area contributed by atoms with Crippen LogP contribution in [0.5, 0.6) is 5.88 Å². The Morgan fingerprint density at radius 3 is 2.60 bits per heavy atom. The molecule has 0 bridgehead atoms. The largest absolute Gasteiger partial charge is 0.476 e. The van der Waals surface area contributed by atoms with E-state index in [4.69, 9.17) is 16.3 Å². The molecule has 82 valence electrons. The molecule has 0 saturated heterocycles. The molecule has 0 saturated carbocycles. The molecule has 0 aliphatic heterocycles. The highest BCUT2D eigenvalue weighted by Gasteiger charge is 2.08. The van der Waals surface area contributed by atoms with Crippen LogP contribution in [-0.2, 0) is 0 Å². The van der Waals surface area contributed by atoms with Crippen molar-refractivity contribution in [1.29, 1.82) is 0 Å². The molecule has 1 aromatic rings. The SMILES string of the molecule is C=C(C)CCOc1nnc(Cl)c(C)c1C. The van der Waals surface area contributed by atoms with E-state index < -0.39 is 0 Å². The van der Waals surface area contributed by atoms with Crippen molar-refractivity contribution in [2.45, 2.75) is 27.2 Å². The highest BCUT2D eigenvalue weighted by Crippen LogP contribution is 2.22. The van der Waals surface area contributed by atoms with Crippen molar-refractivity contribution >= 4 is 11.6 Å². The lowest BCUT2D eigenvalue weighted by Crippen LogP contribution is -2.04. The third kappa shape index (κ3) is 3.20. The van der Waals surface area contributed by atoms with Gasteiger partial charge in [-0.1, -0.05) is 17.2 Å². The number of ether oxygens (including phenoxy) is 1. The standard InChI is InChI=1S/C11H15ClN2O/c1-7(2)5-6-15-11-9(4)8(3)10(12)13-14-11/h1,5-6H2,2-4H3. The van der Waals surface area contributed by atoms with Gasteiger partial charge in [-0.25, -0.2) is 0 Å². The number of nitrogens with zero attached hydrogens (tertiary/aromatic N) is 2. The number of hydrogen-bond donors (Lipinski definition) is 0. The molecular weight excluding hydrogens is 212 g/mol. The first-order valence-electron chi connectivity index (χ1n) is 4.79. The number of hydrogen-bond acceptors (Lipinski definition) is 3. The monoisotopic (exact) mass is 226 g/mol. The molecular formula is C11H15ClN2O. The summed E-state index contributed by atoms with van der Waals surface area (Å²) < 4.78 is 5.49. The Morgan fingerprint density at radius 1 is 1.33 bits per heavy atom. The van der Waals surface area contributed by atoms with Crippen molar-refractivity contribution in [3.05, 3.63) is 28.4 Å². The first-order valence-corrected chi connectivity index (χ1v) is 5.16. The summed E-state index contributed by atoms with van der Waals surface area (Å²) >= 11 is 5.83. The maximum Gasteiger partial charge on any atom is 0.236 e. The molecule has 4 heteroatoms. The molecule has 0 radical (unpaired) electrons. The molecule has 1 aromatic heterocycles. The zero-order valence-electron chi connectivity index (χ0n) is 9.30. The van der Waals surface area contributed by atoms with E-state index in [1.54, 1.807) is 0 Å². The average molecular weight is 227 g/mol. The fraction of sp³-hybridized carbons (Fsp3) is 0.455. The van der Waals surface area contributed by atoms with E-state index in [1.807, 2.05) is 20.8 Å². The summed E-state index contributed by atoms with van der Waals surface area (Å²) in [6.45, 7) is 10.2. The second-order valence-corrected chi connectivity index (χ2v) is 3.96. The predicted molar refractivity (Wildman–Crippen MR) is 61.4 cm³/mol. The Balaban J connectivity index is 2.70. The van der Waals surface area contributed by atoms with Crippen LogP contribution in [0.1, 0.15) is 24.5 Å². The number of aromatic nitrogens is 2. The normalized spacial score (nSPS) is 10.1. The molecule has 0 amide bonds. The molecule has 0 N–H and O–H groups in total. The van der Waals surface area contributed by atoms with Gasteiger partial charge in [-0.3, -0.25) is 0 Å². The molecule has 0 spiro atoms. The van der Waals surface area contributed by atoms with Crippen LogP contribution in [0.3, 0.4) is 0 Å². The number of halogens is 1. The lowest BCUT2D eigenvalue weighted by Gasteiger charge is -2.09. The Hall–Kier alpha value is -1.09. The van der Waals surface area contributed by atoms with Gasteiger partial charge in [0, 0.05) is 12.0 Å². The van der Waals surface area contributed by atoms with Gasteiger partial charge in [0.15, 0.2) is 5.15 Å². The van der Waals surface area contributed by atoms with Gasteiger partial charge in [0.25, 0.3) is 0 Å². The summed E-state index contributed by atoms with van der Waals surface area (Å²) in [5.74, 6) is 0.554. The molecule has 1 rings (SSSR count). The first kappa shape index (κ1) is 12.0. The quantitative estimate of drug-likeness (QED) is 0.740. The van der Waals surface area contributed by atoms with Crippen molar-refractivity contribution in [2.24, 2.45) is 0 Å². The highest BCUT2D eigenvalue weighted by molar-refractivity contribution is 6.30. The van der Waals surface area contributed by atoms with E-state index in [2.05, 4.69) is 16.8 Å². The molecule has 1 heterocycles. The minimum Gasteiger partial charge on any atom is -0.476 e. The Kier molecular flexibility index (Phi) is 4.09. The topological polar surface area (TPSA) is 35.0 Å². The maximum absolute atomic E-state index is 5.83. The Bertz CT molecular complexity index is 377. The van der Waals surface area contributed by atoms with Crippen LogP contribution < -0.4 is 4.74 Å². The van der Waals surface area contributed by atoms with Gasteiger partial charge in [-0.05, 0) is 26.3 Å². The summed E-state index contributed by atoms with van der Waals surface area (Å²) in [6.07, 6.45) is 0.822. The van der Waals surface area contributed by atoms with E-state index in [0.29, 0.717) is 17.6 Å². The van der Waals surface area contributed by atoms with Crippen molar-refractivity contribution in [3.8, 4) is 5.88 Å². The van der Waals surface area contributed by atoms with Crippen LogP contribution in [0.2, 0.25) is 5.15 Å². The fourth-order valence-electron chi connectivity index (χ4n) is 1.01. The summed E-state index contributed by atoms with van der Waals surface area (Å²) in [7, 11) is 0. The van der Waals surface area contributed by atoms with Crippen molar-refractivity contribution < 1.29 is 4.74 Å². The van der Waals surface area contributed by atoms with E-state index in [9.17, 15) is 0 Å². The smallest absolute Gasteiger partial charge is 0.236 e. The molecule has 0 unspecified atom stereocenters. The average Bonchev–Trinajstić information content (AvgIpc) is 2.18. The van der Waals surface area contributed by atoms with Crippen molar-refractivity contribution in [1.82, 2.24) is 10.2 Å². The minimum atomic E-state index is 0.430. The molecule has 0 aliphatic rings. The lowest BCUT2D eigenvalue weighted by molar-refractivity contribution is 0.303. The second-order valence-electron chi connectivity index (χ2n) is 3.60. The molecule has 15 heavy (non-hydrogen) atoms. The van der Waals surface area contributed by atoms with Crippen molar-refractivity contribution in [2.75, 3.05) is 6.61 Å². The van der Waals surface area contributed by atoms with E-state index in [1.165, 1.54) is 0 Å². The summed E-state index contributed by atoms with van der Waals surface area (Å²) in [5.41, 5.74) is 2.94. The summed E-state index contributed by atoms with van der Waals surface area (Å²) in [6, 6.07) is 0. The van der Waals surface area contributed by atoms with Gasteiger partial charge in [-0.15, -0.1) is 16.8 Å². The third-order valence-electron chi connectivity index (χ3n) is 2.19. The summed E-state index contributed by atoms with van der Waals surface area (Å²) in [4.78, 5) is 0. The van der Waals surface area contributed by atoms with Crippen LogP contribution in [0, 0.1) is 13.8 Å². The lowest BCUT2D eigenvalue weighted by atomic mass is 10.2. The van der Waals surface area contributed by atoms with Crippen LogP contribution in [-0.4, -0.2) is 16.8 Å². The van der Waals surface area contributed by atoms with Gasteiger partial charge in [0.1, 0.15) is 0 Å². The van der Waals surface area contributed by atoms with Crippen molar-refractivity contribution in [3.63, 3.8) is 0 Å². The molecule has 0 aliphatic carbocycles. The van der Waals surface area contributed by atoms with Crippen LogP contribution in [0.15, 0.2) is 12.2 Å². The van der Waals surface area contributed by atoms with Gasteiger partial charge in [0.05, 0.1) is 6.61 Å². The van der Waals surface area contributed by atoms with Crippen LogP contribution in [0.25, 0.3) is 0 Å². The minimum absolute atomic E-state index is 0.430. The van der Waals surface area contributed by atoms with E-state index in [0.717, 1.165) is 23.1 Å². The van der Waals surface area contributed by atoms with Gasteiger partial charge in [-0.2, -0.15) is 0 Å². The Morgan fingerprint density at radius 2 is 2.00 bits per heavy atom. The van der Waals surface area contributed by atoms with Gasteiger partial charge >= 0.3 is 0 Å². The Labute approximate surface area is 95.1 Å². The fourth-order valence-corrected chi connectivity index (χ4v) is 1.19. The zero-order valence-corrected chi connectivity index (χ0v) is 10.1. The van der Waals surface area contributed by atoms with E-state index in [-0.39, 0.29) is 0 Å². The zero-order chi connectivity index (χ0) is 11.4. The highest BCUT2D eigenvalue weighted by atomic mass is 35.5.